The van der Waals surface area contributed by atoms with E-state index < -0.39 is 45.1 Å². The Morgan fingerprint density at radius 1 is 1.00 bits per heavy atom. The molecule has 6 nitrogen and oxygen atoms in total. The minimum Gasteiger partial charge on any atom is -0.322 e. The van der Waals surface area contributed by atoms with Gasteiger partial charge in [0.2, 0.25) is 15.9 Å². The first-order valence-electron chi connectivity index (χ1n) is 9.05. The molecular weight excluding hydrogens is 443 g/mol. The summed E-state index contributed by atoms with van der Waals surface area (Å²) >= 11 is 5.80. The summed E-state index contributed by atoms with van der Waals surface area (Å²) in [5, 5.41) is 2.67. The molecular formula is C19H19ClF3N3O3S. The second kappa shape index (κ2) is 8.93. The topological polar surface area (TPSA) is 69.7 Å². The molecule has 1 saturated heterocycles. The molecule has 11 heteroatoms. The number of nitrogens with zero attached hydrogens (tertiary/aromatic N) is 2. The average molecular weight is 462 g/mol. The van der Waals surface area contributed by atoms with Gasteiger partial charge in [-0.25, -0.2) is 21.6 Å². The van der Waals surface area contributed by atoms with Crippen molar-refractivity contribution in [3.05, 3.63) is 58.9 Å². The van der Waals surface area contributed by atoms with E-state index in [4.69, 9.17) is 11.6 Å². The molecule has 3 rings (SSSR count). The molecule has 1 amide bonds. The molecule has 0 aliphatic carbocycles. The van der Waals surface area contributed by atoms with Crippen LogP contribution in [0.15, 0.2) is 41.3 Å². The zero-order chi connectivity index (χ0) is 22.1. The Balaban J connectivity index is 1.62. The predicted octanol–water partition coefficient (Wildman–Crippen LogP) is 3.09. The first-order chi connectivity index (χ1) is 14.1. The molecule has 1 aliphatic heterocycles. The van der Waals surface area contributed by atoms with Gasteiger partial charge in [-0.3, -0.25) is 9.69 Å². The van der Waals surface area contributed by atoms with Gasteiger partial charge >= 0.3 is 0 Å². The highest BCUT2D eigenvalue weighted by molar-refractivity contribution is 7.89. The Labute approximate surface area is 177 Å². The summed E-state index contributed by atoms with van der Waals surface area (Å²) in [5.41, 5.74) is -0.463. The third kappa shape index (κ3) is 4.61. The number of hydrogen-bond acceptors (Lipinski definition) is 4. The quantitative estimate of drug-likeness (QED) is 0.695. The number of anilines is 1. The van der Waals surface area contributed by atoms with E-state index in [2.05, 4.69) is 5.32 Å². The highest BCUT2D eigenvalue weighted by Crippen LogP contribution is 2.22. The highest BCUT2D eigenvalue weighted by atomic mass is 35.5. The number of piperazine rings is 1. The predicted molar refractivity (Wildman–Crippen MR) is 106 cm³/mol. The van der Waals surface area contributed by atoms with Crippen LogP contribution in [-0.2, 0) is 14.8 Å². The summed E-state index contributed by atoms with van der Waals surface area (Å²) < 4.78 is 66.9. The van der Waals surface area contributed by atoms with E-state index in [1.54, 1.807) is 11.8 Å². The fourth-order valence-corrected chi connectivity index (χ4v) is 4.66. The SMILES string of the molecule is C[C@@H](C(=O)Nc1ccc(F)c(F)c1F)N1CCN(S(=O)(=O)c2ccc(Cl)cc2)CC1. The summed E-state index contributed by atoms with van der Waals surface area (Å²) in [7, 11) is -3.69. The van der Waals surface area contributed by atoms with E-state index in [1.807, 2.05) is 0 Å². The molecule has 2 aromatic rings. The standard InChI is InChI=1S/C19H19ClF3N3O3S/c1-12(19(27)24-16-7-6-15(21)17(22)18(16)23)25-8-10-26(11-9-25)30(28,29)14-4-2-13(20)3-5-14/h2-7,12H,8-11H2,1H3,(H,24,27)/t12-/m0/s1. The molecule has 0 aromatic heterocycles. The molecule has 0 unspecified atom stereocenters. The van der Waals surface area contributed by atoms with Gasteiger partial charge in [0.05, 0.1) is 16.6 Å². The number of rotatable bonds is 5. The molecule has 162 valence electrons. The summed E-state index contributed by atoms with van der Waals surface area (Å²) in [4.78, 5) is 14.3. The molecule has 0 spiro atoms. The van der Waals surface area contributed by atoms with Crippen LogP contribution >= 0.6 is 11.6 Å². The van der Waals surface area contributed by atoms with Crippen molar-refractivity contribution in [1.82, 2.24) is 9.21 Å². The second-order valence-electron chi connectivity index (χ2n) is 6.78. The second-order valence-corrected chi connectivity index (χ2v) is 9.16. The maximum absolute atomic E-state index is 13.8. The summed E-state index contributed by atoms with van der Waals surface area (Å²) in [5.74, 6) is -5.11. The molecule has 0 bridgehead atoms. The lowest BCUT2D eigenvalue weighted by Crippen LogP contribution is -2.53. The van der Waals surface area contributed by atoms with Gasteiger partial charge in [0.15, 0.2) is 17.5 Å². The zero-order valence-electron chi connectivity index (χ0n) is 15.9. The Kier molecular flexibility index (Phi) is 6.71. The van der Waals surface area contributed by atoms with Crippen molar-refractivity contribution in [3.63, 3.8) is 0 Å². The molecule has 0 saturated carbocycles. The normalized spacial score (nSPS) is 17.0. The van der Waals surface area contributed by atoms with Crippen LogP contribution in [0, 0.1) is 17.5 Å². The maximum Gasteiger partial charge on any atom is 0.243 e. The van der Waals surface area contributed by atoms with Gasteiger partial charge < -0.3 is 5.32 Å². The fourth-order valence-electron chi connectivity index (χ4n) is 3.11. The van der Waals surface area contributed by atoms with Crippen LogP contribution in [0.4, 0.5) is 18.9 Å². The molecule has 2 aromatic carbocycles. The van der Waals surface area contributed by atoms with Crippen molar-refractivity contribution in [2.24, 2.45) is 0 Å². The van der Waals surface area contributed by atoms with Crippen molar-refractivity contribution in [2.45, 2.75) is 17.9 Å². The lowest BCUT2D eigenvalue weighted by atomic mass is 10.2. The van der Waals surface area contributed by atoms with E-state index in [0.29, 0.717) is 5.02 Å². The van der Waals surface area contributed by atoms with Crippen LogP contribution in [0.5, 0.6) is 0 Å². The van der Waals surface area contributed by atoms with Crippen molar-refractivity contribution < 1.29 is 26.4 Å². The molecule has 30 heavy (non-hydrogen) atoms. The fraction of sp³-hybridized carbons (Fsp3) is 0.316. The first kappa shape index (κ1) is 22.5. The number of benzene rings is 2. The summed E-state index contributed by atoms with van der Waals surface area (Å²) in [6.07, 6.45) is 0. The van der Waals surface area contributed by atoms with E-state index in [9.17, 15) is 26.4 Å². The third-order valence-corrected chi connectivity index (χ3v) is 7.11. The average Bonchev–Trinajstić information content (AvgIpc) is 2.74. The number of nitrogens with one attached hydrogen (secondary N) is 1. The third-order valence-electron chi connectivity index (χ3n) is 4.94. The number of carbonyl (C=O) groups is 1. The van der Waals surface area contributed by atoms with E-state index >= 15 is 0 Å². The molecule has 1 aliphatic rings. The number of sulfonamides is 1. The van der Waals surface area contributed by atoms with Gasteiger partial charge in [-0.2, -0.15) is 4.31 Å². The van der Waals surface area contributed by atoms with Crippen LogP contribution in [0.1, 0.15) is 6.92 Å². The lowest BCUT2D eigenvalue weighted by molar-refractivity contribution is -0.121. The van der Waals surface area contributed by atoms with Crippen LogP contribution in [0.2, 0.25) is 5.02 Å². The Morgan fingerprint density at radius 2 is 1.60 bits per heavy atom. The van der Waals surface area contributed by atoms with Gasteiger partial charge in [-0.15, -0.1) is 0 Å². The molecule has 0 radical (unpaired) electrons. The molecule has 1 N–H and O–H groups in total. The van der Waals surface area contributed by atoms with Gasteiger partial charge in [-0.1, -0.05) is 11.6 Å². The first-order valence-corrected chi connectivity index (χ1v) is 10.9. The Morgan fingerprint density at radius 3 is 2.20 bits per heavy atom. The zero-order valence-corrected chi connectivity index (χ0v) is 17.5. The smallest absolute Gasteiger partial charge is 0.243 e. The number of amides is 1. The minimum atomic E-state index is -3.69. The van der Waals surface area contributed by atoms with Gasteiger partial charge in [0, 0.05) is 31.2 Å². The van der Waals surface area contributed by atoms with E-state index in [1.165, 1.54) is 28.6 Å². The van der Waals surface area contributed by atoms with E-state index in [-0.39, 0.29) is 31.1 Å². The van der Waals surface area contributed by atoms with Gasteiger partial charge in [0.1, 0.15) is 0 Å². The molecule has 1 fully saturated rings. The Bertz CT molecular complexity index is 1040. The van der Waals surface area contributed by atoms with Crippen molar-refractivity contribution in [2.75, 3.05) is 31.5 Å². The number of carbonyl (C=O) groups excluding carboxylic acids is 1. The van der Waals surface area contributed by atoms with Crippen LogP contribution in [-0.4, -0.2) is 55.8 Å². The highest BCUT2D eigenvalue weighted by Gasteiger charge is 2.32. The van der Waals surface area contributed by atoms with Crippen LogP contribution < -0.4 is 5.32 Å². The number of hydrogen-bond donors (Lipinski definition) is 1. The lowest BCUT2D eigenvalue weighted by Gasteiger charge is -2.36. The van der Waals surface area contributed by atoms with E-state index in [0.717, 1.165) is 12.1 Å². The maximum atomic E-state index is 13.8. The van der Waals surface area contributed by atoms with Gasteiger partial charge in [0.25, 0.3) is 0 Å². The van der Waals surface area contributed by atoms with Crippen LogP contribution in [0.25, 0.3) is 0 Å². The summed E-state index contributed by atoms with van der Waals surface area (Å²) in [6.45, 7) is 2.41. The van der Waals surface area contributed by atoms with Crippen molar-refractivity contribution in [1.29, 1.82) is 0 Å². The minimum absolute atomic E-state index is 0.125. The molecule has 1 heterocycles. The van der Waals surface area contributed by atoms with Crippen LogP contribution in [0.3, 0.4) is 0 Å². The largest absolute Gasteiger partial charge is 0.322 e. The monoisotopic (exact) mass is 461 g/mol. The summed E-state index contributed by atoms with van der Waals surface area (Å²) in [6, 6.07) is 6.77. The molecule has 1 atom stereocenters. The van der Waals surface area contributed by atoms with Crippen molar-refractivity contribution in [3.8, 4) is 0 Å². The van der Waals surface area contributed by atoms with Gasteiger partial charge in [-0.05, 0) is 43.3 Å². The van der Waals surface area contributed by atoms with Crippen molar-refractivity contribution >= 4 is 33.2 Å². The Hall–Kier alpha value is -2.14. The number of halogens is 4.